The van der Waals surface area contributed by atoms with Crippen LogP contribution in [0.15, 0.2) is 0 Å². The molecule has 1 atom stereocenters. The van der Waals surface area contributed by atoms with Gasteiger partial charge in [-0.05, 0) is 12.8 Å². The van der Waals surface area contributed by atoms with Gasteiger partial charge in [0.15, 0.2) is 0 Å². The average molecular weight is 279 g/mol. The van der Waals surface area contributed by atoms with Crippen LogP contribution >= 0.6 is 0 Å². The quantitative estimate of drug-likeness (QED) is 0.757. The molecule has 5 nitrogen and oxygen atoms in total. The predicted molar refractivity (Wildman–Crippen MR) is 60.2 cm³/mol. The molecule has 0 spiro atoms. The van der Waals surface area contributed by atoms with Gasteiger partial charge in [0.2, 0.25) is 11.8 Å². The summed E-state index contributed by atoms with van der Waals surface area (Å²) < 4.78 is 36.9. The number of alkyl halides is 3. The summed E-state index contributed by atoms with van der Waals surface area (Å²) >= 11 is 0. The SMILES string of the molecule is O=C(NC1CCCN(CC(F)(F)F)C1=O)C1CNC1. The van der Waals surface area contributed by atoms with Crippen molar-refractivity contribution >= 4 is 11.8 Å². The van der Waals surface area contributed by atoms with Gasteiger partial charge in [0, 0.05) is 19.6 Å². The van der Waals surface area contributed by atoms with Crippen molar-refractivity contribution in [1.82, 2.24) is 15.5 Å². The van der Waals surface area contributed by atoms with Crippen LogP contribution in [0.4, 0.5) is 13.2 Å². The van der Waals surface area contributed by atoms with Gasteiger partial charge in [0.05, 0.1) is 5.92 Å². The van der Waals surface area contributed by atoms with Crippen molar-refractivity contribution in [2.45, 2.75) is 25.1 Å². The lowest BCUT2D eigenvalue weighted by molar-refractivity contribution is -0.165. The molecule has 2 saturated heterocycles. The van der Waals surface area contributed by atoms with E-state index in [1.54, 1.807) is 0 Å². The highest BCUT2D eigenvalue weighted by Crippen LogP contribution is 2.20. The minimum atomic E-state index is -4.40. The zero-order chi connectivity index (χ0) is 14.0. The Kier molecular flexibility index (Phi) is 3.98. The van der Waals surface area contributed by atoms with Gasteiger partial charge in [-0.2, -0.15) is 13.2 Å². The van der Waals surface area contributed by atoms with Crippen LogP contribution in [0.2, 0.25) is 0 Å². The summed E-state index contributed by atoms with van der Waals surface area (Å²) in [4.78, 5) is 24.3. The van der Waals surface area contributed by atoms with Gasteiger partial charge in [-0.15, -0.1) is 0 Å². The number of carbonyl (C=O) groups excluding carboxylic acids is 2. The van der Waals surface area contributed by atoms with Gasteiger partial charge < -0.3 is 15.5 Å². The van der Waals surface area contributed by atoms with Gasteiger partial charge >= 0.3 is 6.18 Å². The van der Waals surface area contributed by atoms with Gasteiger partial charge in [-0.3, -0.25) is 9.59 Å². The summed E-state index contributed by atoms with van der Waals surface area (Å²) in [5, 5.41) is 5.47. The van der Waals surface area contributed by atoms with E-state index in [1.165, 1.54) is 0 Å². The fourth-order valence-corrected chi connectivity index (χ4v) is 2.21. The van der Waals surface area contributed by atoms with Crippen molar-refractivity contribution in [3.05, 3.63) is 0 Å². The molecule has 0 aliphatic carbocycles. The standard InChI is InChI=1S/C11H16F3N3O2/c12-11(13,14)6-17-3-1-2-8(10(17)19)16-9(18)7-4-15-5-7/h7-8,15H,1-6H2,(H,16,18). The van der Waals surface area contributed by atoms with Crippen molar-refractivity contribution in [1.29, 1.82) is 0 Å². The molecule has 0 aromatic rings. The number of nitrogens with zero attached hydrogens (tertiary/aromatic N) is 1. The van der Waals surface area contributed by atoms with Crippen LogP contribution in [0.1, 0.15) is 12.8 Å². The summed E-state index contributed by atoms with van der Waals surface area (Å²) in [6.45, 7) is -0.0447. The Morgan fingerprint density at radius 1 is 1.42 bits per heavy atom. The Labute approximate surface area is 108 Å². The van der Waals surface area contributed by atoms with Crippen molar-refractivity contribution < 1.29 is 22.8 Å². The number of amides is 2. The van der Waals surface area contributed by atoms with E-state index in [0.717, 1.165) is 4.90 Å². The average Bonchev–Trinajstić information content (AvgIpc) is 2.19. The largest absolute Gasteiger partial charge is 0.406 e. The number of hydrogen-bond donors (Lipinski definition) is 2. The third-order valence-corrected chi connectivity index (χ3v) is 3.37. The Hall–Kier alpha value is -1.31. The van der Waals surface area contributed by atoms with Crippen molar-refractivity contribution in [3.8, 4) is 0 Å². The number of piperidine rings is 1. The number of halogens is 3. The van der Waals surface area contributed by atoms with Gasteiger partial charge in [-0.1, -0.05) is 0 Å². The van der Waals surface area contributed by atoms with E-state index in [1.807, 2.05) is 0 Å². The Morgan fingerprint density at radius 2 is 2.11 bits per heavy atom. The van der Waals surface area contributed by atoms with Gasteiger partial charge in [0.1, 0.15) is 12.6 Å². The molecule has 0 aromatic carbocycles. The van der Waals surface area contributed by atoms with Crippen LogP contribution in [0, 0.1) is 5.92 Å². The molecule has 0 aromatic heterocycles. The molecule has 0 radical (unpaired) electrons. The number of rotatable bonds is 3. The molecule has 2 rings (SSSR count). The fraction of sp³-hybridized carbons (Fsp3) is 0.818. The minimum absolute atomic E-state index is 0.0930. The molecule has 2 heterocycles. The van der Waals surface area contributed by atoms with Crippen molar-refractivity contribution in [3.63, 3.8) is 0 Å². The molecule has 2 amide bonds. The van der Waals surface area contributed by atoms with Crippen LogP contribution in [-0.4, -0.2) is 55.1 Å². The first-order valence-corrected chi connectivity index (χ1v) is 6.23. The van der Waals surface area contributed by atoms with Gasteiger partial charge in [-0.25, -0.2) is 0 Å². The van der Waals surface area contributed by atoms with E-state index < -0.39 is 24.7 Å². The Balaban J connectivity index is 1.90. The van der Waals surface area contributed by atoms with Crippen LogP contribution in [-0.2, 0) is 9.59 Å². The Morgan fingerprint density at radius 3 is 2.63 bits per heavy atom. The lowest BCUT2D eigenvalue weighted by atomic mass is 9.99. The molecule has 0 bridgehead atoms. The third kappa shape index (κ3) is 3.59. The van der Waals surface area contributed by atoms with E-state index in [-0.39, 0.29) is 18.4 Å². The van der Waals surface area contributed by atoms with Crippen LogP contribution in [0.5, 0.6) is 0 Å². The first-order valence-electron chi connectivity index (χ1n) is 6.23. The second-order valence-electron chi connectivity index (χ2n) is 4.93. The van der Waals surface area contributed by atoms with E-state index in [0.29, 0.717) is 25.9 Å². The first-order chi connectivity index (χ1) is 8.87. The first kappa shape index (κ1) is 14.1. The number of hydrogen-bond acceptors (Lipinski definition) is 3. The smallest absolute Gasteiger partial charge is 0.344 e. The summed E-state index contributed by atoms with van der Waals surface area (Å²) in [7, 11) is 0. The molecule has 2 aliphatic heterocycles. The van der Waals surface area contributed by atoms with Crippen molar-refractivity contribution in [2.24, 2.45) is 5.92 Å². The molecule has 108 valence electrons. The number of carbonyl (C=O) groups is 2. The Bertz CT molecular complexity index is 369. The molecule has 2 N–H and O–H groups in total. The number of likely N-dealkylation sites (tertiary alicyclic amines) is 1. The molecule has 1 unspecified atom stereocenters. The highest BCUT2D eigenvalue weighted by molar-refractivity contribution is 5.89. The molecule has 2 aliphatic rings. The van der Waals surface area contributed by atoms with Crippen LogP contribution in [0.25, 0.3) is 0 Å². The zero-order valence-corrected chi connectivity index (χ0v) is 10.3. The monoisotopic (exact) mass is 279 g/mol. The second kappa shape index (κ2) is 5.36. The molecule has 2 fully saturated rings. The van der Waals surface area contributed by atoms with E-state index >= 15 is 0 Å². The molecule has 0 saturated carbocycles. The lowest BCUT2D eigenvalue weighted by Crippen LogP contribution is -2.58. The maximum atomic E-state index is 12.3. The fourth-order valence-electron chi connectivity index (χ4n) is 2.21. The third-order valence-electron chi connectivity index (χ3n) is 3.37. The predicted octanol–water partition coefficient (Wildman–Crippen LogP) is -0.125. The number of nitrogens with one attached hydrogen (secondary N) is 2. The summed E-state index contributed by atoms with van der Waals surface area (Å²) in [6.07, 6.45) is -3.53. The molecule has 19 heavy (non-hydrogen) atoms. The van der Waals surface area contributed by atoms with Crippen LogP contribution in [0.3, 0.4) is 0 Å². The summed E-state index contributed by atoms with van der Waals surface area (Å²) in [5.74, 6) is -1.07. The normalized spacial score (nSPS) is 25.1. The summed E-state index contributed by atoms with van der Waals surface area (Å²) in [6, 6.07) is -0.816. The van der Waals surface area contributed by atoms with E-state index in [2.05, 4.69) is 10.6 Å². The highest BCUT2D eigenvalue weighted by atomic mass is 19.4. The van der Waals surface area contributed by atoms with Gasteiger partial charge in [0.25, 0.3) is 0 Å². The van der Waals surface area contributed by atoms with Crippen LogP contribution < -0.4 is 10.6 Å². The molecule has 8 heteroatoms. The minimum Gasteiger partial charge on any atom is -0.344 e. The maximum absolute atomic E-state index is 12.3. The van der Waals surface area contributed by atoms with E-state index in [9.17, 15) is 22.8 Å². The second-order valence-corrected chi connectivity index (χ2v) is 4.93. The lowest BCUT2D eigenvalue weighted by Gasteiger charge is -2.34. The highest BCUT2D eigenvalue weighted by Gasteiger charge is 2.38. The van der Waals surface area contributed by atoms with Crippen molar-refractivity contribution in [2.75, 3.05) is 26.2 Å². The van der Waals surface area contributed by atoms with E-state index in [4.69, 9.17) is 0 Å². The zero-order valence-electron chi connectivity index (χ0n) is 10.3. The molecular weight excluding hydrogens is 263 g/mol. The maximum Gasteiger partial charge on any atom is 0.406 e. The summed E-state index contributed by atoms with van der Waals surface area (Å²) in [5.41, 5.74) is 0. The molecular formula is C11H16F3N3O2. The topological polar surface area (TPSA) is 61.4 Å².